The van der Waals surface area contributed by atoms with Gasteiger partial charge in [0.25, 0.3) is 0 Å². The topological polar surface area (TPSA) is 12.0 Å². The number of unbranched alkanes of at least 4 members (excludes halogenated alkanes) is 1. The van der Waals surface area contributed by atoms with Crippen LogP contribution in [0.4, 0.5) is 4.39 Å². The van der Waals surface area contributed by atoms with Crippen LogP contribution in [0.25, 0.3) is 0 Å². The predicted octanol–water partition coefficient (Wildman–Crippen LogP) is 2.27. The van der Waals surface area contributed by atoms with Gasteiger partial charge in [0.1, 0.15) is 5.67 Å². The highest BCUT2D eigenvalue weighted by atomic mass is 19.1. The van der Waals surface area contributed by atoms with Crippen molar-refractivity contribution in [3.05, 3.63) is 0 Å². The highest BCUT2D eigenvalue weighted by molar-refractivity contribution is 4.85. The molecule has 0 aromatic carbocycles. The summed E-state index contributed by atoms with van der Waals surface area (Å²) in [5.74, 6) is 0. The van der Waals surface area contributed by atoms with Crippen molar-refractivity contribution < 1.29 is 4.39 Å². The van der Waals surface area contributed by atoms with Gasteiger partial charge in [0, 0.05) is 6.54 Å². The summed E-state index contributed by atoms with van der Waals surface area (Å²) in [7, 11) is 0. The van der Waals surface area contributed by atoms with Gasteiger partial charge in [-0.2, -0.15) is 0 Å². The number of halogens is 1. The lowest BCUT2D eigenvalue weighted by molar-refractivity contribution is 0.108. The van der Waals surface area contributed by atoms with E-state index in [1.165, 1.54) is 0 Å². The van der Waals surface area contributed by atoms with Gasteiger partial charge in [-0.3, -0.25) is 0 Å². The molecule has 1 heterocycles. The van der Waals surface area contributed by atoms with Crippen molar-refractivity contribution in [1.82, 2.24) is 5.32 Å². The summed E-state index contributed by atoms with van der Waals surface area (Å²) in [6.07, 6.45) is 4.64. The van der Waals surface area contributed by atoms with Crippen LogP contribution in [0.2, 0.25) is 0 Å². The summed E-state index contributed by atoms with van der Waals surface area (Å²) in [5, 5.41) is 3.11. The second kappa shape index (κ2) is 4.05. The minimum absolute atomic E-state index is 0.576. The monoisotopic (exact) mass is 159 g/mol. The third-order valence-corrected chi connectivity index (χ3v) is 2.40. The first-order valence-electron chi connectivity index (χ1n) is 4.66. The van der Waals surface area contributed by atoms with Crippen LogP contribution >= 0.6 is 0 Å². The van der Waals surface area contributed by atoms with E-state index < -0.39 is 5.67 Å². The van der Waals surface area contributed by atoms with Crippen molar-refractivity contribution in [3.63, 3.8) is 0 Å². The minimum Gasteiger partial charge on any atom is -0.314 e. The summed E-state index contributed by atoms with van der Waals surface area (Å²) in [6, 6.07) is 0. The molecule has 2 heteroatoms. The molecule has 66 valence electrons. The van der Waals surface area contributed by atoms with E-state index >= 15 is 0 Å². The molecule has 11 heavy (non-hydrogen) atoms. The maximum absolute atomic E-state index is 13.7. The lowest BCUT2D eigenvalue weighted by Crippen LogP contribution is -2.42. The molecule has 0 aliphatic carbocycles. The quantitative estimate of drug-likeness (QED) is 0.666. The summed E-state index contributed by atoms with van der Waals surface area (Å²) >= 11 is 0. The number of piperidine rings is 1. The smallest absolute Gasteiger partial charge is 0.123 e. The molecule has 0 aromatic heterocycles. The Bertz CT molecular complexity index is 108. The van der Waals surface area contributed by atoms with Crippen LogP contribution in [-0.2, 0) is 0 Å². The van der Waals surface area contributed by atoms with Crippen molar-refractivity contribution in [2.45, 2.75) is 44.7 Å². The van der Waals surface area contributed by atoms with Gasteiger partial charge in [-0.1, -0.05) is 19.8 Å². The highest BCUT2D eigenvalue weighted by Crippen LogP contribution is 2.26. The van der Waals surface area contributed by atoms with Crippen molar-refractivity contribution in [1.29, 1.82) is 0 Å². The Hall–Kier alpha value is -0.110. The molecular formula is C9H18FN. The summed E-state index contributed by atoms with van der Waals surface area (Å²) in [5.41, 5.74) is -0.881. The van der Waals surface area contributed by atoms with E-state index in [1.54, 1.807) is 0 Å². The fraction of sp³-hybridized carbons (Fsp3) is 1.00. The Kier molecular flexibility index (Phi) is 3.31. The Labute approximate surface area is 68.4 Å². The van der Waals surface area contributed by atoms with Gasteiger partial charge in [-0.25, -0.2) is 4.39 Å². The molecule has 1 unspecified atom stereocenters. The highest BCUT2D eigenvalue weighted by Gasteiger charge is 2.30. The molecule has 0 radical (unpaired) electrons. The third kappa shape index (κ3) is 2.78. The number of rotatable bonds is 3. The Morgan fingerprint density at radius 3 is 2.91 bits per heavy atom. The van der Waals surface area contributed by atoms with Crippen LogP contribution in [0.1, 0.15) is 39.0 Å². The first-order valence-corrected chi connectivity index (χ1v) is 4.66. The zero-order valence-electron chi connectivity index (χ0n) is 7.33. The van der Waals surface area contributed by atoms with Gasteiger partial charge < -0.3 is 5.32 Å². The molecule has 0 aromatic rings. The molecule has 0 bridgehead atoms. The molecule has 0 spiro atoms. The van der Waals surface area contributed by atoms with Gasteiger partial charge in [-0.05, 0) is 25.8 Å². The molecule has 0 amide bonds. The van der Waals surface area contributed by atoms with E-state index in [9.17, 15) is 4.39 Å². The van der Waals surface area contributed by atoms with Crippen molar-refractivity contribution in [2.75, 3.05) is 13.1 Å². The van der Waals surface area contributed by atoms with Crippen LogP contribution in [0, 0.1) is 0 Å². The SMILES string of the molecule is CCCCC1(F)CCCNC1. The maximum Gasteiger partial charge on any atom is 0.123 e. The molecule has 1 atom stereocenters. The Morgan fingerprint density at radius 2 is 2.36 bits per heavy atom. The average Bonchev–Trinajstić information content (AvgIpc) is 2.03. The maximum atomic E-state index is 13.7. The van der Waals surface area contributed by atoms with Crippen LogP contribution in [-0.4, -0.2) is 18.8 Å². The second-order valence-electron chi connectivity index (χ2n) is 3.53. The molecule has 1 N–H and O–H groups in total. The number of hydrogen-bond donors (Lipinski definition) is 1. The second-order valence-corrected chi connectivity index (χ2v) is 3.53. The summed E-state index contributed by atoms with van der Waals surface area (Å²) in [4.78, 5) is 0. The molecule has 1 fully saturated rings. The average molecular weight is 159 g/mol. The van der Waals surface area contributed by atoms with Gasteiger partial charge >= 0.3 is 0 Å². The first-order chi connectivity index (χ1) is 5.27. The van der Waals surface area contributed by atoms with E-state index in [1.807, 2.05) is 0 Å². The molecule has 1 aliphatic heterocycles. The Morgan fingerprint density at radius 1 is 1.55 bits per heavy atom. The zero-order valence-corrected chi connectivity index (χ0v) is 7.33. The molecular weight excluding hydrogens is 141 g/mol. The van der Waals surface area contributed by atoms with Crippen LogP contribution < -0.4 is 5.32 Å². The normalized spacial score (nSPS) is 32.2. The molecule has 1 nitrogen and oxygen atoms in total. The van der Waals surface area contributed by atoms with Gasteiger partial charge in [0.15, 0.2) is 0 Å². The minimum atomic E-state index is -0.881. The predicted molar refractivity (Wildman–Crippen MR) is 45.5 cm³/mol. The van der Waals surface area contributed by atoms with E-state index in [2.05, 4.69) is 12.2 Å². The largest absolute Gasteiger partial charge is 0.314 e. The van der Waals surface area contributed by atoms with Gasteiger partial charge in [-0.15, -0.1) is 0 Å². The zero-order chi connectivity index (χ0) is 8.16. The lowest BCUT2D eigenvalue weighted by atomic mass is 9.91. The van der Waals surface area contributed by atoms with Crippen molar-refractivity contribution >= 4 is 0 Å². The third-order valence-electron chi connectivity index (χ3n) is 2.40. The van der Waals surface area contributed by atoms with Crippen LogP contribution in [0.15, 0.2) is 0 Å². The fourth-order valence-electron chi connectivity index (χ4n) is 1.64. The molecule has 0 saturated carbocycles. The number of hydrogen-bond acceptors (Lipinski definition) is 1. The van der Waals surface area contributed by atoms with Gasteiger partial charge in [0.05, 0.1) is 0 Å². The lowest BCUT2D eigenvalue weighted by Gasteiger charge is -2.29. The molecule has 1 saturated heterocycles. The van der Waals surface area contributed by atoms with E-state index in [0.717, 1.165) is 38.6 Å². The van der Waals surface area contributed by atoms with Crippen molar-refractivity contribution in [2.24, 2.45) is 0 Å². The van der Waals surface area contributed by atoms with Crippen molar-refractivity contribution in [3.8, 4) is 0 Å². The number of nitrogens with one attached hydrogen (secondary N) is 1. The van der Waals surface area contributed by atoms with Crippen LogP contribution in [0.3, 0.4) is 0 Å². The molecule has 1 aliphatic rings. The van der Waals surface area contributed by atoms with E-state index in [4.69, 9.17) is 0 Å². The van der Waals surface area contributed by atoms with E-state index in [-0.39, 0.29) is 0 Å². The molecule has 1 rings (SSSR count). The fourth-order valence-corrected chi connectivity index (χ4v) is 1.64. The van der Waals surface area contributed by atoms with E-state index in [0.29, 0.717) is 6.54 Å². The van der Waals surface area contributed by atoms with Gasteiger partial charge in [0.2, 0.25) is 0 Å². The summed E-state index contributed by atoms with van der Waals surface area (Å²) in [6.45, 7) is 3.68. The Balaban J connectivity index is 2.25. The number of alkyl halides is 1. The standard InChI is InChI=1S/C9H18FN/c1-2-3-5-9(10)6-4-7-11-8-9/h11H,2-8H2,1H3. The summed E-state index contributed by atoms with van der Waals surface area (Å²) < 4.78 is 13.7. The first kappa shape index (κ1) is 8.98. The van der Waals surface area contributed by atoms with Crippen LogP contribution in [0.5, 0.6) is 0 Å².